The third-order valence-corrected chi connectivity index (χ3v) is 13.6. The number of hydrogen-bond donors (Lipinski definition) is 4. The van der Waals surface area contributed by atoms with Gasteiger partial charge in [-0.25, -0.2) is 4.79 Å². The second-order valence-corrected chi connectivity index (χ2v) is 15.5. The number of aromatic hydroxyl groups is 3. The average Bonchev–Trinajstić information content (AvgIpc) is 3.57. The number of piperazine rings is 1. The summed E-state index contributed by atoms with van der Waals surface area (Å²) < 4.78 is 24.3. The Labute approximate surface area is 289 Å². The first-order chi connectivity index (χ1) is 23.6. The zero-order chi connectivity index (χ0) is 34.1. The molecule has 3 aromatic rings. The summed E-state index contributed by atoms with van der Waals surface area (Å²) in [5.74, 6) is 1.66. The van der Waals surface area contributed by atoms with Crippen molar-refractivity contribution in [2.75, 3.05) is 46.4 Å². The number of thioether (sulfide) groups is 1. The van der Waals surface area contributed by atoms with Crippen molar-refractivity contribution in [3.05, 3.63) is 68.3 Å². The summed E-state index contributed by atoms with van der Waals surface area (Å²) in [6, 6.07) is 4.91. The van der Waals surface area contributed by atoms with E-state index in [9.17, 15) is 20.1 Å². The fourth-order valence-electron chi connectivity index (χ4n) is 9.62. The molecule has 7 aliphatic rings. The molecule has 3 aromatic carbocycles. The highest BCUT2D eigenvalue weighted by atomic mass is 32.2. The highest BCUT2D eigenvalue weighted by molar-refractivity contribution is 7.99. The Morgan fingerprint density at radius 3 is 2.57 bits per heavy atom. The molecule has 7 heterocycles. The van der Waals surface area contributed by atoms with Crippen LogP contribution in [-0.2, 0) is 27.9 Å². The van der Waals surface area contributed by atoms with E-state index >= 15 is 0 Å². The number of nitrogens with one attached hydrogen (secondary N) is 1. The van der Waals surface area contributed by atoms with E-state index in [1.54, 1.807) is 23.9 Å². The Morgan fingerprint density at radius 1 is 0.980 bits per heavy atom. The van der Waals surface area contributed by atoms with Crippen LogP contribution >= 0.6 is 11.8 Å². The van der Waals surface area contributed by atoms with E-state index < -0.39 is 5.54 Å². The summed E-state index contributed by atoms with van der Waals surface area (Å²) in [5, 5.41) is 36.7. The number of esters is 1. The van der Waals surface area contributed by atoms with Crippen LogP contribution in [0.5, 0.6) is 34.5 Å². The molecule has 5 unspecified atom stereocenters. The number of ether oxygens (including phenoxy) is 4. The van der Waals surface area contributed by atoms with E-state index in [1.807, 2.05) is 13.0 Å². The first kappa shape index (κ1) is 31.2. The molecule has 10 rings (SSSR count). The van der Waals surface area contributed by atoms with Crippen LogP contribution in [-0.4, -0.2) is 89.6 Å². The third kappa shape index (κ3) is 4.11. The van der Waals surface area contributed by atoms with E-state index in [2.05, 4.69) is 36.0 Å². The Bertz CT molecular complexity index is 1950. The SMILES string of the molecule is COc1cc2c(cc1O)CCN[C@]21CSC2c3c(C)c(C)c4c(c3C(COC1=O)N1CC3Cc5cc(C)c(O)c(O)c5C(C21)N3C)OCO4. The largest absolute Gasteiger partial charge is 0.504 e. The summed E-state index contributed by atoms with van der Waals surface area (Å²) in [7, 11) is 3.63. The molecule has 0 saturated carbocycles. The van der Waals surface area contributed by atoms with E-state index in [4.69, 9.17) is 18.9 Å². The Balaban J connectivity index is 1.28. The summed E-state index contributed by atoms with van der Waals surface area (Å²) in [4.78, 5) is 19.4. The first-order valence-electron chi connectivity index (χ1n) is 16.9. The number of carbonyl (C=O) groups excluding carboxylic acids is 1. The second kappa shape index (κ2) is 10.8. The van der Waals surface area contributed by atoms with Crippen LogP contribution in [0, 0.1) is 20.8 Å². The van der Waals surface area contributed by atoms with Gasteiger partial charge in [0.15, 0.2) is 40.0 Å². The third-order valence-electron chi connectivity index (χ3n) is 12.2. The minimum Gasteiger partial charge on any atom is -0.504 e. The molecular weight excluding hydrogens is 646 g/mol. The monoisotopic (exact) mass is 687 g/mol. The van der Waals surface area contributed by atoms with Crippen molar-refractivity contribution in [1.82, 2.24) is 15.1 Å². The second-order valence-electron chi connectivity index (χ2n) is 14.4. The van der Waals surface area contributed by atoms with Gasteiger partial charge in [-0.2, -0.15) is 0 Å². The van der Waals surface area contributed by atoms with Gasteiger partial charge in [-0.1, -0.05) is 6.07 Å². The molecule has 2 fully saturated rings. The van der Waals surface area contributed by atoms with Crippen LogP contribution < -0.4 is 19.5 Å². The van der Waals surface area contributed by atoms with Crippen LogP contribution in [0.15, 0.2) is 18.2 Å². The highest BCUT2D eigenvalue weighted by Crippen LogP contribution is 2.62. The van der Waals surface area contributed by atoms with Crippen molar-refractivity contribution in [1.29, 1.82) is 0 Å². The van der Waals surface area contributed by atoms with Gasteiger partial charge in [0.2, 0.25) is 6.79 Å². The number of rotatable bonds is 1. The van der Waals surface area contributed by atoms with Crippen molar-refractivity contribution in [2.24, 2.45) is 0 Å². The van der Waals surface area contributed by atoms with E-state index in [0.717, 1.165) is 69.0 Å². The lowest BCUT2D eigenvalue weighted by atomic mass is 9.73. The zero-order valence-corrected chi connectivity index (χ0v) is 29.1. The predicted molar refractivity (Wildman–Crippen MR) is 182 cm³/mol. The van der Waals surface area contributed by atoms with Crippen LogP contribution in [0.4, 0.5) is 0 Å². The molecule has 0 amide bonds. The lowest BCUT2D eigenvalue weighted by Gasteiger charge is -2.60. The van der Waals surface area contributed by atoms with Gasteiger partial charge < -0.3 is 34.3 Å². The van der Waals surface area contributed by atoms with Gasteiger partial charge >= 0.3 is 5.97 Å². The molecule has 7 aliphatic heterocycles. The van der Waals surface area contributed by atoms with Crippen molar-refractivity contribution in [2.45, 2.75) is 68.6 Å². The number of benzene rings is 3. The van der Waals surface area contributed by atoms with Gasteiger partial charge in [-0.3, -0.25) is 15.1 Å². The average molecular weight is 688 g/mol. The summed E-state index contributed by atoms with van der Waals surface area (Å²) >= 11 is 1.70. The van der Waals surface area contributed by atoms with E-state index in [1.165, 1.54) is 7.11 Å². The van der Waals surface area contributed by atoms with Crippen LogP contribution in [0.2, 0.25) is 0 Å². The molecule has 12 heteroatoms. The molecule has 1 spiro atoms. The fraction of sp³-hybridized carbons (Fsp3) is 0.486. The summed E-state index contributed by atoms with van der Waals surface area (Å²) in [6.45, 7) is 7.53. The number of aryl methyl sites for hydroxylation is 1. The topological polar surface area (TPSA) is 133 Å². The van der Waals surface area contributed by atoms with Crippen LogP contribution in [0.3, 0.4) is 0 Å². The number of methoxy groups -OCH3 is 1. The molecule has 258 valence electrons. The van der Waals surface area contributed by atoms with Gasteiger partial charge in [-0.15, -0.1) is 11.8 Å². The molecule has 4 bridgehead atoms. The van der Waals surface area contributed by atoms with Gasteiger partial charge in [-0.05, 0) is 91.7 Å². The minimum absolute atomic E-state index is 0.0408. The number of fused-ring (bicyclic) bond motifs is 9. The summed E-state index contributed by atoms with van der Waals surface area (Å²) in [5.41, 5.74) is 7.24. The smallest absolute Gasteiger partial charge is 0.331 e. The van der Waals surface area contributed by atoms with E-state index in [0.29, 0.717) is 30.0 Å². The maximum atomic E-state index is 14.5. The van der Waals surface area contributed by atoms with Crippen molar-refractivity contribution >= 4 is 17.7 Å². The number of hydrogen-bond acceptors (Lipinski definition) is 12. The van der Waals surface area contributed by atoms with Crippen molar-refractivity contribution in [3.63, 3.8) is 0 Å². The molecule has 0 aromatic heterocycles. The minimum atomic E-state index is -1.19. The Hall–Kier alpha value is -3.84. The molecule has 0 radical (unpaired) electrons. The van der Waals surface area contributed by atoms with Crippen molar-refractivity contribution in [3.8, 4) is 34.5 Å². The number of phenolic OH excluding ortho intramolecular Hbond substituents is 3. The van der Waals surface area contributed by atoms with Crippen LogP contribution in [0.25, 0.3) is 0 Å². The molecule has 49 heavy (non-hydrogen) atoms. The maximum Gasteiger partial charge on any atom is 0.331 e. The van der Waals surface area contributed by atoms with Gasteiger partial charge in [0.25, 0.3) is 0 Å². The molecule has 11 nitrogen and oxygen atoms in total. The standard InChI is InChI=1S/C37H41N3O8S/c1-16-8-20-9-21-12-40-23-13-46-36(44)37(22-11-25(45-5)24(41)10-19(22)6-7-38-37)14-49-35(30(40)29(39(21)4)27(20)32(43)31(16)42)26-17(2)18(3)33-34(28(23)26)48-15-47-33/h8,10-11,21,23,29-30,35,38,41-43H,6-7,9,12-15H2,1-5H3/t21?,23?,29?,30?,35?,37-/m1/s1. The zero-order valence-electron chi connectivity index (χ0n) is 28.3. The molecular formula is C37H41N3O8S. The number of nitrogens with zero attached hydrogens (tertiary/aromatic N) is 2. The molecule has 4 N–H and O–H groups in total. The normalized spacial score (nSPS) is 29.9. The molecule has 0 aliphatic carbocycles. The van der Waals surface area contributed by atoms with Gasteiger partial charge in [0.05, 0.1) is 19.2 Å². The predicted octanol–water partition coefficient (Wildman–Crippen LogP) is 4.17. The quantitative estimate of drug-likeness (QED) is 0.216. The first-order valence-corrected chi connectivity index (χ1v) is 18.0. The van der Waals surface area contributed by atoms with Gasteiger partial charge in [0, 0.05) is 47.3 Å². The number of phenols is 3. The lowest BCUT2D eigenvalue weighted by Crippen LogP contribution is -2.65. The molecule has 2 saturated heterocycles. The fourth-order valence-corrected chi connectivity index (χ4v) is 11.4. The molecule has 6 atom stereocenters. The van der Waals surface area contributed by atoms with E-state index in [-0.39, 0.29) is 66.0 Å². The van der Waals surface area contributed by atoms with Crippen LogP contribution in [0.1, 0.15) is 67.4 Å². The lowest BCUT2D eigenvalue weighted by molar-refractivity contribution is -0.156. The summed E-state index contributed by atoms with van der Waals surface area (Å²) in [6.07, 6.45) is 1.37. The van der Waals surface area contributed by atoms with Gasteiger partial charge in [0.1, 0.15) is 6.61 Å². The highest BCUT2D eigenvalue weighted by Gasteiger charge is 2.58. The Kier molecular flexibility index (Phi) is 6.89. The maximum absolute atomic E-state index is 14.5. The number of carbonyl (C=O) groups is 1. The number of likely N-dealkylation sites (N-methyl/N-ethyl adjacent to an activating group) is 1. The van der Waals surface area contributed by atoms with Crippen molar-refractivity contribution < 1.29 is 39.1 Å². The Morgan fingerprint density at radius 2 is 1.78 bits per heavy atom.